The minimum atomic E-state index is -0.540. The number of rotatable bonds is 2. The van der Waals surface area contributed by atoms with E-state index in [0.29, 0.717) is 11.3 Å². The van der Waals surface area contributed by atoms with Crippen molar-refractivity contribution in [3.8, 4) is 0 Å². The molecule has 0 spiro atoms. The first-order valence-electron chi connectivity index (χ1n) is 4.61. The molecule has 0 radical (unpaired) electrons. The second-order valence-corrected chi connectivity index (χ2v) is 3.48. The monoisotopic (exact) mass is 206 g/mol. The van der Waals surface area contributed by atoms with Crippen molar-refractivity contribution in [2.24, 2.45) is 5.73 Å². The minimum absolute atomic E-state index is 0.216. The molecule has 0 aliphatic heterocycles. The van der Waals surface area contributed by atoms with E-state index >= 15 is 0 Å². The van der Waals surface area contributed by atoms with Crippen LogP contribution in [0.5, 0.6) is 0 Å². The molecular weight excluding hydrogens is 192 g/mol. The van der Waals surface area contributed by atoms with Crippen molar-refractivity contribution in [2.45, 2.75) is 20.8 Å². The van der Waals surface area contributed by atoms with Crippen molar-refractivity contribution in [1.82, 2.24) is 0 Å². The van der Waals surface area contributed by atoms with E-state index in [1.165, 1.54) is 6.92 Å². The largest absolute Gasteiger partial charge is 0.366 e. The molecule has 3 N–H and O–H groups in total. The van der Waals surface area contributed by atoms with E-state index in [2.05, 4.69) is 5.32 Å². The lowest BCUT2D eigenvalue weighted by atomic mass is 10.0. The summed E-state index contributed by atoms with van der Waals surface area (Å²) < 4.78 is 0. The summed E-state index contributed by atoms with van der Waals surface area (Å²) in [4.78, 5) is 22.1. The fraction of sp³-hybridized carbons (Fsp3) is 0.273. The van der Waals surface area contributed by atoms with Gasteiger partial charge in [-0.3, -0.25) is 9.59 Å². The number of aryl methyl sites for hydroxylation is 1. The smallest absolute Gasteiger partial charge is 0.250 e. The van der Waals surface area contributed by atoms with Crippen molar-refractivity contribution in [2.75, 3.05) is 5.32 Å². The van der Waals surface area contributed by atoms with Crippen molar-refractivity contribution in [3.63, 3.8) is 0 Å². The molecule has 15 heavy (non-hydrogen) atoms. The van der Waals surface area contributed by atoms with Gasteiger partial charge in [0, 0.05) is 6.92 Å². The number of nitrogens with one attached hydrogen (secondary N) is 1. The van der Waals surface area contributed by atoms with Gasteiger partial charge in [0.2, 0.25) is 5.91 Å². The number of carbonyl (C=O) groups is 2. The van der Waals surface area contributed by atoms with Gasteiger partial charge in [0.1, 0.15) is 0 Å². The summed E-state index contributed by atoms with van der Waals surface area (Å²) in [6.45, 7) is 5.14. The highest BCUT2D eigenvalue weighted by molar-refractivity contribution is 6.03. The van der Waals surface area contributed by atoms with Crippen LogP contribution in [0.3, 0.4) is 0 Å². The number of anilines is 1. The molecular formula is C11H14N2O2. The molecule has 0 atom stereocenters. The Morgan fingerprint density at radius 1 is 1.27 bits per heavy atom. The molecule has 0 aliphatic rings. The van der Waals surface area contributed by atoms with Crippen LogP contribution >= 0.6 is 0 Å². The van der Waals surface area contributed by atoms with E-state index in [1.807, 2.05) is 13.8 Å². The molecule has 1 aromatic rings. The molecule has 0 unspecified atom stereocenters. The average Bonchev–Trinajstić information content (AvgIpc) is 2.12. The summed E-state index contributed by atoms with van der Waals surface area (Å²) in [5.74, 6) is -0.756. The van der Waals surface area contributed by atoms with E-state index in [9.17, 15) is 9.59 Å². The molecule has 4 nitrogen and oxygen atoms in total. The Bertz CT molecular complexity index is 425. The summed E-state index contributed by atoms with van der Waals surface area (Å²) in [6.07, 6.45) is 0. The highest BCUT2D eigenvalue weighted by Gasteiger charge is 2.12. The Hall–Kier alpha value is -1.84. The van der Waals surface area contributed by atoms with Gasteiger partial charge in [-0.2, -0.15) is 0 Å². The van der Waals surface area contributed by atoms with Crippen LogP contribution in [0.2, 0.25) is 0 Å². The van der Waals surface area contributed by atoms with E-state index in [-0.39, 0.29) is 5.91 Å². The first kappa shape index (κ1) is 11.2. The van der Waals surface area contributed by atoms with Crippen LogP contribution in [0.15, 0.2) is 12.1 Å². The lowest BCUT2D eigenvalue weighted by Crippen LogP contribution is -2.17. The number of hydrogen-bond donors (Lipinski definition) is 2. The predicted octanol–water partition coefficient (Wildman–Crippen LogP) is 1.36. The number of carbonyl (C=O) groups excluding carboxylic acids is 2. The Morgan fingerprint density at radius 3 is 2.33 bits per heavy atom. The van der Waals surface area contributed by atoms with Gasteiger partial charge in [-0.1, -0.05) is 6.07 Å². The zero-order chi connectivity index (χ0) is 11.6. The number of nitrogens with two attached hydrogens (primary N) is 1. The zero-order valence-corrected chi connectivity index (χ0v) is 9.05. The summed E-state index contributed by atoms with van der Waals surface area (Å²) in [5.41, 5.74) is 7.94. The molecule has 0 saturated carbocycles. The molecule has 0 aliphatic carbocycles. The van der Waals surface area contributed by atoms with Gasteiger partial charge in [-0.25, -0.2) is 0 Å². The van der Waals surface area contributed by atoms with E-state index in [1.54, 1.807) is 12.1 Å². The SMILES string of the molecule is CC(=O)Nc1c(C(N)=O)ccc(C)c1C. The lowest BCUT2D eigenvalue weighted by Gasteiger charge is -2.12. The molecule has 0 heterocycles. The van der Waals surface area contributed by atoms with Gasteiger partial charge >= 0.3 is 0 Å². The Kier molecular flexibility index (Phi) is 3.09. The van der Waals surface area contributed by atoms with Gasteiger partial charge in [0.25, 0.3) is 5.91 Å². The van der Waals surface area contributed by atoms with Crippen molar-refractivity contribution in [1.29, 1.82) is 0 Å². The maximum absolute atomic E-state index is 11.1. The average molecular weight is 206 g/mol. The third-order valence-corrected chi connectivity index (χ3v) is 2.30. The summed E-state index contributed by atoms with van der Waals surface area (Å²) >= 11 is 0. The standard InChI is InChI=1S/C11H14N2O2/c1-6-4-5-9(11(12)15)10(7(6)2)13-8(3)14/h4-5H,1-3H3,(H2,12,15)(H,13,14). The first-order valence-corrected chi connectivity index (χ1v) is 4.61. The van der Waals surface area contributed by atoms with Gasteiger partial charge in [0.05, 0.1) is 11.3 Å². The van der Waals surface area contributed by atoms with Gasteiger partial charge in [-0.15, -0.1) is 0 Å². The molecule has 1 aromatic carbocycles. The van der Waals surface area contributed by atoms with Crippen LogP contribution < -0.4 is 11.1 Å². The zero-order valence-electron chi connectivity index (χ0n) is 9.05. The number of benzene rings is 1. The van der Waals surface area contributed by atoms with E-state index in [0.717, 1.165) is 11.1 Å². The third kappa shape index (κ3) is 2.34. The predicted molar refractivity (Wildman–Crippen MR) is 58.7 cm³/mol. The maximum atomic E-state index is 11.1. The Labute approximate surface area is 88.5 Å². The topological polar surface area (TPSA) is 72.2 Å². The number of amides is 2. The van der Waals surface area contributed by atoms with Crippen LogP contribution in [-0.2, 0) is 4.79 Å². The van der Waals surface area contributed by atoms with Gasteiger partial charge < -0.3 is 11.1 Å². The third-order valence-electron chi connectivity index (χ3n) is 2.30. The Balaban J connectivity index is 3.34. The van der Waals surface area contributed by atoms with E-state index < -0.39 is 5.91 Å². The fourth-order valence-electron chi connectivity index (χ4n) is 1.36. The van der Waals surface area contributed by atoms with Crippen LogP contribution in [0.1, 0.15) is 28.4 Å². The quantitative estimate of drug-likeness (QED) is 0.766. The minimum Gasteiger partial charge on any atom is -0.366 e. The maximum Gasteiger partial charge on any atom is 0.250 e. The van der Waals surface area contributed by atoms with Crippen LogP contribution in [0.25, 0.3) is 0 Å². The first-order chi connectivity index (χ1) is 6.93. The molecule has 1 rings (SSSR count). The Morgan fingerprint density at radius 2 is 1.87 bits per heavy atom. The number of primary amides is 1. The molecule has 2 amide bonds. The highest BCUT2D eigenvalue weighted by Crippen LogP contribution is 2.23. The van der Waals surface area contributed by atoms with Crippen molar-refractivity contribution in [3.05, 3.63) is 28.8 Å². The van der Waals surface area contributed by atoms with Crippen LogP contribution in [-0.4, -0.2) is 11.8 Å². The van der Waals surface area contributed by atoms with Gasteiger partial charge in [0.15, 0.2) is 0 Å². The van der Waals surface area contributed by atoms with E-state index in [4.69, 9.17) is 5.73 Å². The highest BCUT2D eigenvalue weighted by atomic mass is 16.2. The van der Waals surface area contributed by atoms with Gasteiger partial charge in [-0.05, 0) is 31.0 Å². The summed E-state index contributed by atoms with van der Waals surface area (Å²) in [6, 6.07) is 3.43. The second kappa shape index (κ2) is 4.13. The summed E-state index contributed by atoms with van der Waals surface area (Å²) in [5, 5.41) is 2.62. The normalized spacial score (nSPS) is 9.80. The molecule has 80 valence electrons. The molecule has 0 fully saturated rings. The van der Waals surface area contributed by atoms with Crippen LogP contribution in [0.4, 0.5) is 5.69 Å². The van der Waals surface area contributed by atoms with Crippen molar-refractivity contribution >= 4 is 17.5 Å². The molecule has 4 heteroatoms. The number of hydrogen-bond acceptors (Lipinski definition) is 2. The summed E-state index contributed by atoms with van der Waals surface area (Å²) in [7, 11) is 0. The second-order valence-electron chi connectivity index (χ2n) is 3.48. The molecule has 0 bridgehead atoms. The van der Waals surface area contributed by atoms with Crippen LogP contribution in [0, 0.1) is 13.8 Å². The lowest BCUT2D eigenvalue weighted by molar-refractivity contribution is -0.114. The van der Waals surface area contributed by atoms with Crippen molar-refractivity contribution < 1.29 is 9.59 Å². The fourth-order valence-corrected chi connectivity index (χ4v) is 1.36. The molecule has 0 aromatic heterocycles. The molecule has 0 saturated heterocycles.